The fraction of sp³-hybridized carbons (Fsp3) is 0.818. The van der Waals surface area contributed by atoms with Gasteiger partial charge in [-0.05, 0) is 25.7 Å². The predicted octanol–water partition coefficient (Wildman–Crippen LogP) is 2.04. The Balaban J connectivity index is 2.35. The Kier molecular flexibility index (Phi) is 4.72. The molecular weight excluding hydrogens is 199 g/mol. The second-order valence-electron chi connectivity index (χ2n) is 3.89. The van der Waals surface area contributed by atoms with E-state index in [0.717, 1.165) is 25.7 Å². The molecule has 0 aliphatic heterocycles. The van der Waals surface area contributed by atoms with E-state index in [1.807, 2.05) is 0 Å². The molecule has 86 valence electrons. The second kappa shape index (κ2) is 5.83. The van der Waals surface area contributed by atoms with Gasteiger partial charge in [0.1, 0.15) is 6.42 Å². The van der Waals surface area contributed by atoms with Crippen LogP contribution in [-0.4, -0.2) is 24.5 Å². The number of ether oxygens (including phenoxy) is 1. The summed E-state index contributed by atoms with van der Waals surface area (Å²) in [4.78, 5) is 22.3. The first-order chi connectivity index (χ1) is 7.15. The van der Waals surface area contributed by atoms with Gasteiger partial charge >= 0.3 is 5.97 Å². The van der Waals surface area contributed by atoms with Crippen LogP contribution in [-0.2, 0) is 14.3 Å². The van der Waals surface area contributed by atoms with Gasteiger partial charge in [0.15, 0.2) is 12.0 Å². The van der Waals surface area contributed by atoms with E-state index >= 15 is 0 Å². The average molecular weight is 216 g/mol. The molecule has 0 bridgehead atoms. The first-order valence-electron chi connectivity index (χ1n) is 5.47. The number of Topliss-reactive ketones (excluding diaryl/α,β-unsaturated/α-hetero) is 1. The Hall–Kier alpha value is -0.930. The van der Waals surface area contributed by atoms with Gasteiger partial charge in [-0.25, -0.2) is 4.39 Å². The standard InChI is InChI=1S/C11H17FO3/c1-2-15-10(14)7-9(13)11(12)8-5-3-4-6-8/h8,11H,2-7H2,1H3. The maximum absolute atomic E-state index is 13.5. The number of rotatable bonds is 5. The number of ketones is 1. The summed E-state index contributed by atoms with van der Waals surface area (Å²) in [7, 11) is 0. The molecule has 15 heavy (non-hydrogen) atoms. The lowest BCUT2D eigenvalue weighted by Crippen LogP contribution is -2.26. The van der Waals surface area contributed by atoms with Crippen molar-refractivity contribution in [2.45, 2.75) is 45.2 Å². The van der Waals surface area contributed by atoms with Gasteiger partial charge in [0.25, 0.3) is 0 Å². The molecule has 1 fully saturated rings. The number of esters is 1. The maximum Gasteiger partial charge on any atom is 0.313 e. The zero-order chi connectivity index (χ0) is 11.3. The van der Waals surface area contributed by atoms with Gasteiger partial charge in [0, 0.05) is 0 Å². The van der Waals surface area contributed by atoms with Crippen LogP contribution in [0.25, 0.3) is 0 Å². The molecule has 3 nitrogen and oxygen atoms in total. The SMILES string of the molecule is CCOC(=O)CC(=O)C(F)C1CCCC1. The molecule has 1 saturated carbocycles. The van der Waals surface area contributed by atoms with Crippen molar-refractivity contribution >= 4 is 11.8 Å². The Morgan fingerprint density at radius 3 is 2.53 bits per heavy atom. The lowest BCUT2D eigenvalue weighted by molar-refractivity contribution is -0.147. The van der Waals surface area contributed by atoms with E-state index in [0.29, 0.717) is 0 Å². The lowest BCUT2D eigenvalue weighted by Gasteiger charge is -2.13. The van der Waals surface area contributed by atoms with E-state index in [2.05, 4.69) is 4.74 Å². The third-order valence-electron chi connectivity index (χ3n) is 2.75. The number of hydrogen-bond acceptors (Lipinski definition) is 3. The highest BCUT2D eigenvalue weighted by Gasteiger charge is 2.31. The molecule has 0 N–H and O–H groups in total. The molecule has 1 aliphatic carbocycles. The first kappa shape index (κ1) is 12.1. The Labute approximate surface area is 89.0 Å². The summed E-state index contributed by atoms with van der Waals surface area (Å²) >= 11 is 0. The van der Waals surface area contributed by atoms with E-state index in [9.17, 15) is 14.0 Å². The molecule has 0 amide bonds. The molecule has 1 unspecified atom stereocenters. The van der Waals surface area contributed by atoms with E-state index in [4.69, 9.17) is 0 Å². The van der Waals surface area contributed by atoms with Gasteiger partial charge in [0.05, 0.1) is 6.61 Å². The van der Waals surface area contributed by atoms with Gasteiger partial charge in [-0.2, -0.15) is 0 Å². The van der Waals surface area contributed by atoms with E-state index < -0.39 is 24.3 Å². The number of alkyl halides is 1. The number of hydrogen-bond donors (Lipinski definition) is 0. The molecule has 0 aromatic carbocycles. The third-order valence-corrected chi connectivity index (χ3v) is 2.75. The van der Waals surface area contributed by atoms with Crippen LogP contribution in [0.2, 0.25) is 0 Å². The number of carbonyl (C=O) groups excluding carboxylic acids is 2. The zero-order valence-corrected chi connectivity index (χ0v) is 9.00. The van der Waals surface area contributed by atoms with Gasteiger partial charge in [0.2, 0.25) is 0 Å². The third kappa shape index (κ3) is 3.61. The molecule has 0 aromatic heterocycles. The maximum atomic E-state index is 13.5. The van der Waals surface area contributed by atoms with Gasteiger partial charge in [-0.15, -0.1) is 0 Å². The summed E-state index contributed by atoms with van der Waals surface area (Å²) in [6.45, 7) is 1.89. The Morgan fingerprint density at radius 1 is 1.40 bits per heavy atom. The topological polar surface area (TPSA) is 43.4 Å². The van der Waals surface area contributed by atoms with Crippen LogP contribution in [0.3, 0.4) is 0 Å². The van der Waals surface area contributed by atoms with E-state index in [-0.39, 0.29) is 12.5 Å². The summed E-state index contributed by atoms with van der Waals surface area (Å²) in [6, 6.07) is 0. The van der Waals surface area contributed by atoms with Crippen LogP contribution >= 0.6 is 0 Å². The summed E-state index contributed by atoms with van der Waals surface area (Å²) in [6.07, 6.45) is 1.59. The summed E-state index contributed by atoms with van der Waals surface area (Å²) in [5, 5.41) is 0. The van der Waals surface area contributed by atoms with Crippen LogP contribution in [0.4, 0.5) is 4.39 Å². The van der Waals surface area contributed by atoms with Crippen molar-refractivity contribution in [2.24, 2.45) is 5.92 Å². The highest BCUT2D eigenvalue weighted by atomic mass is 19.1. The van der Waals surface area contributed by atoms with Crippen LogP contribution in [0, 0.1) is 5.92 Å². The highest BCUT2D eigenvalue weighted by molar-refractivity contribution is 5.98. The van der Waals surface area contributed by atoms with Gasteiger partial charge in [-0.3, -0.25) is 9.59 Å². The van der Waals surface area contributed by atoms with Crippen LogP contribution in [0.5, 0.6) is 0 Å². The van der Waals surface area contributed by atoms with Crippen LogP contribution in [0.1, 0.15) is 39.0 Å². The van der Waals surface area contributed by atoms with Crippen molar-refractivity contribution in [1.29, 1.82) is 0 Å². The Bertz CT molecular complexity index is 234. The molecular formula is C11H17FO3. The largest absolute Gasteiger partial charge is 0.466 e. The van der Waals surface area contributed by atoms with Gasteiger partial charge < -0.3 is 4.74 Å². The summed E-state index contributed by atoms with van der Waals surface area (Å²) < 4.78 is 18.1. The minimum absolute atomic E-state index is 0.174. The smallest absolute Gasteiger partial charge is 0.313 e. The van der Waals surface area contributed by atoms with Crippen molar-refractivity contribution in [3.63, 3.8) is 0 Å². The normalized spacial score (nSPS) is 18.8. The summed E-state index contributed by atoms with van der Waals surface area (Å²) in [5.41, 5.74) is 0. The minimum atomic E-state index is -1.48. The molecule has 4 heteroatoms. The Morgan fingerprint density at radius 2 is 2.00 bits per heavy atom. The van der Waals surface area contributed by atoms with Crippen LogP contribution < -0.4 is 0 Å². The predicted molar refractivity (Wildman–Crippen MR) is 53.1 cm³/mol. The first-order valence-corrected chi connectivity index (χ1v) is 5.47. The van der Waals surface area contributed by atoms with E-state index in [1.54, 1.807) is 6.92 Å². The minimum Gasteiger partial charge on any atom is -0.466 e. The quantitative estimate of drug-likeness (QED) is 0.521. The molecule has 1 rings (SSSR count). The van der Waals surface area contributed by atoms with E-state index in [1.165, 1.54) is 0 Å². The van der Waals surface area contributed by atoms with Crippen molar-refractivity contribution in [3.8, 4) is 0 Å². The van der Waals surface area contributed by atoms with Crippen LogP contribution in [0.15, 0.2) is 0 Å². The second-order valence-corrected chi connectivity index (χ2v) is 3.89. The summed E-state index contributed by atoms with van der Waals surface area (Å²) in [5.74, 6) is -1.42. The number of carbonyl (C=O) groups is 2. The highest BCUT2D eigenvalue weighted by Crippen LogP contribution is 2.30. The molecule has 0 spiro atoms. The van der Waals surface area contributed by atoms with Gasteiger partial charge in [-0.1, -0.05) is 12.8 Å². The fourth-order valence-electron chi connectivity index (χ4n) is 1.96. The fourth-order valence-corrected chi connectivity index (χ4v) is 1.96. The monoisotopic (exact) mass is 216 g/mol. The lowest BCUT2D eigenvalue weighted by atomic mass is 9.97. The van der Waals surface area contributed by atoms with Crippen molar-refractivity contribution in [1.82, 2.24) is 0 Å². The molecule has 0 aromatic rings. The molecule has 0 saturated heterocycles. The zero-order valence-electron chi connectivity index (χ0n) is 9.00. The molecule has 0 radical (unpaired) electrons. The van der Waals surface area contributed by atoms with Crippen molar-refractivity contribution in [3.05, 3.63) is 0 Å². The molecule has 1 aliphatic rings. The average Bonchev–Trinajstić information content (AvgIpc) is 2.69. The molecule has 0 heterocycles. The number of halogens is 1. The molecule has 1 atom stereocenters. The van der Waals surface area contributed by atoms with Crippen molar-refractivity contribution in [2.75, 3.05) is 6.61 Å². The van der Waals surface area contributed by atoms with Crippen molar-refractivity contribution < 1.29 is 18.7 Å².